The molecule has 0 radical (unpaired) electrons. The lowest BCUT2D eigenvalue weighted by Crippen LogP contribution is -2.46. The minimum Gasteiger partial charge on any atom is -0.478 e. The summed E-state index contributed by atoms with van der Waals surface area (Å²) >= 11 is 0. The lowest BCUT2D eigenvalue weighted by atomic mass is 10.1. The molecule has 0 aliphatic heterocycles. The van der Waals surface area contributed by atoms with E-state index < -0.39 is 22.6 Å². The Balaban J connectivity index is 5.66. The van der Waals surface area contributed by atoms with Crippen molar-refractivity contribution in [2.45, 2.75) is 144 Å². The minimum atomic E-state index is -1.93. The number of hydrogen-bond donors (Lipinski definition) is 1. The van der Waals surface area contributed by atoms with Crippen LogP contribution in [0.15, 0.2) is 58.7 Å². The highest BCUT2D eigenvalue weighted by atomic mass is 28.4. The first-order chi connectivity index (χ1) is 17.5. The van der Waals surface area contributed by atoms with E-state index in [1.54, 1.807) is 6.08 Å². The van der Waals surface area contributed by atoms with E-state index in [4.69, 9.17) is 8.85 Å². The molecule has 0 spiro atoms. The first-order valence-corrected chi connectivity index (χ1v) is 20.3. The Morgan fingerprint density at radius 2 is 1.36 bits per heavy atom. The van der Waals surface area contributed by atoms with Crippen molar-refractivity contribution in [3.8, 4) is 0 Å². The Morgan fingerprint density at radius 3 is 1.82 bits per heavy atom. The van der Waals surface area contributed by atoms with Gasteiger partial charge in [-0.2, -0.15) is 0 Å². The minimum absolute atomic E-state index is 0.116. The van der Waals surface area contributed by atoms with Gasteiger partial charge in [-0.05, 0) is 89.3 Å². The average molecular weight is 577 g/mol. The standard InChI is InChI=1S/C33H60O4Si2/c1-16-29(31(34)35)23-27(4)22-26(3)19-17-18-25(2)20-21-30(37-39(14,15)33(9,10)11)24-28(5)36-38(12,13)32(6,7)8/h17-20,22-23,28,30H,16,21,24H2,1-15H3,(H,34,35)/t28-,30-/m0/s1. The summed E-state index contributed by atoms with van der Waals surface area (Å²) in [7, 11) is -3.78. The molecule has 39 heavy (non-hydrogen) atoms. The molecule has 6 heteroatoms. The van der Waals surface area contributed by atoms with Gasteiger partial charge >= 0.3 is 5.97 Å². The third-order valence-corrected chi connectivity index (χ3v) is 17.2. The van der Waals surface area contributed by atoms with Gasteiger partial charge in [0.2, 0.25) is 0 Å². The lowest BCUT2D eigenvalue weighted by Gasteiger charge is -2.42. The molecule has 2 atom stereocenters. The molecule has 0 amide bonds. The smallest absolute Gasteiger partial charge is 0.331 e. The maximum atomic E-state index is 11.3. The molecule has 0 aliphatic carbocycles. The zero-order valence-corrected chi connectivity index (χ0v) is 29.9. The van der Waals surface area contributed by atoms with E-state index in [9.17, 15) is 9.90 Å². The molecular weight excluding hydrogens is 517 g/mol. The molecule has 224 valence electrons. The van der Waals surface area contributed by atoms with Gasteiger partial charge in [-0.15, -0.1) is 0 Å². The van der Waals surface area contributed by atoms with Crippen LogP contribution in [0.3, 0.4) is 0 Å². The number of carbonyl (C=O) groups is 1. The summed E-state index contributed by atoms with van der Waals surface area (Å²) in [6, 6.07) is 0. The Labute approximate surface area is 243 Å². The topological polar surface area (TPSA) is 55.8 Å². The van der Waals surface area contributed by atoms with Crippen molar-refractivity contribution in [1.82, 2.24) is 0 Å². The Kier molecular flexibility index (Phi) is 14.9. The van der Waals surface area contributed by atoms with Crippen LogP contribution in [0.25, 0.3) is 0 Å². The molecule has 0 aliphatic rings. The summed E-state index contributed by atoms with van der Waals surface area (Å²) in [6.45, 7) is 33.2. The van der Waals surface area contributed by atoms with Crippen molar-refractivity contribution in [1.29, 1.82) is 0 Å². The molecule has 0 bridgehead atoms. The monoisotopic (exact) mass is 576 g/mol. The predicted molar refractivity (Wildman–Crippen MR) is 175 cm³/mol. The van der Waals surface area contributed by atoms with Crippen LogP contribution in [0.1, 0.15) is 95.4 Å². The van der Waals surface area contributed by atoms with Crippen LogP contribution in [-0.2, 0) is 13.6 Å². The van der Waals surface area contributed by atoms with Crippen LogP contribution in [-0.4, -0.2) is 39.9 Å². The van der Waals surface area contributed by atoms with Crippen LogP contribution < -0.4 is 0 Å². The summed E-state index contributed by atoms with van der Waals surface area (Å²) in [5.41, 5.74) is 3.62. The summed E-state index contributed by atoms with van der Waals surface area (Å²) in [5, 5.41) is 9.58. The van der Waals surface area contributed by atoms with E-state index in [2.05, 4.69) is 106 Å². The maximum absolute atomic E-state index is 11.3. The molecule has 4 nitrogen and oxygen atoms in total. The van der Waals surface area contributed by atoms with Crippen molar-refractivity contribution in [2.75, 3.05) is 0 Å². The second-order valence-electron chi connectivity index (χ2n) is 14.1. The predicted octanol–water partition coefficient (Wildman–Crippen LogP) is 10.4. The van der Waals surface area contributed by atoms with Gasteiger partial charge in [-0.1, -0.05) is 95.6 Å². The number of carboxylic acid groups (broad SMARTS) is 1. The number of aliphatic carboxylic acids is 1. The molecular formula is C33H60O4Si2. The van der Waals surface area contributed by atoms with Crippen molar-refractivity contribution in [3.63, 3.8) is 0 Å². The van der Waals surface area contributed by atoms with Crippen LogP contribution in [0.2, 0.25) is 36.3 Å². The highest BCUT2D eigenvalue weighted by molar-refractivity contribution is 6.74. The van der Waals surface area contributed by atoms with Crippen molar-refractivity contribution < 1.29 is 18.8 Å². The maximum Gasteiger partial charge on any atom is 0.331 e. The zero-order chi connectivity index (χ0) is 30.8. The van der Waals surface area contributed by atoms with Gasteiger partial charge in [0.15, 0.2) is 16.6 Å². The van der Waals surface area contributed by atoms with Crippen LogP contribution >= 0.6 is 0 Å². The van der Waals surface area contributed by atoms with Gasteiger partial charge in [-0.3, -0.25) is 0 Å². The summed E-state index contributed by atoms with van der Waals surface area (Å²) < 4.78 is 13.6. The van der Waals surface area contributed by atoms with Gasteiger partial charge in [0.1, 0.15) is 0 Å². The van der Waals surface area contributed by atoms with Gasteiger partial charge in [0.25, 0.3) is 0 Å². The third-order valence-electron chi connectivity index (χ3n) is 8.10. The van der Waals surface area contributed by atoms with Gasteiger partial charge in [0, 0.05) is 11.7 Å². The largest absolute Gasteiger partial charge is 0.478 e. The molecule has 0 saturated heterocycles. The fourth-order valence-electron chi connectivity index (χ4n) is 3.66. The number of hydrogen-bond acceptors (Lipinski definition) is 3. The Bertz CT molecular complexity index is 951. The number of allylic oxidation sites excluding steroid dienone is 8. The van der Waals surface area contributed by atoms with E-state index in [1.807, 2.05) is 26.8 Å². The van der Waals surface area contributed by atoms with Crippen LogP contribution in [0.5, 0.6) is 0 Å². The van der Waals surface area contributed by atoms with Gasteiger partial charge in [0.05, 0.1) is 6.10 Å². The van der Waals surface area contributed by atoms with E-state index in [1.165, 1.54) is 5.57 Å². The zero-order valence-electron chi connectivity index (χ0n) is 27.9. The first kappa shape index (κ1) is 37.5. The van der Waals surface area contributed by atoms with Crippen LogP contribution in [0.4, 0.5) is 0 Å². The molecule has 0 rings (SSSR count). The van der Waals surface area contributed by atoms with Gasteiger partial charge in [-0.25, -0.2) is 4.79 Å². The summed E-state index contributed by atoms with van der Waals surface area (Å²) in [4.78, 5) is 11.3. The molecule has 0 unspecified atom stereocenters. The average Bonchev–Trinajstić information content (AvgIpc) is 2.73. The summed E-state index contributed by atoms with van der Waals surface area (Å²) in [6.07, 6.45) is 14.8. The highest BCUT2D eigenvalue weighted by Gasteiger charge is 2.41. The normalized spacial score (nSPS) is 17.1. The van der Waals surface area contributed by atoms with E-state index >= 15 is 0 Å². The first-order valence-electron chi connectivity index (χ1n) is 14.5. The number of rotatable bonds is 14. The quantitative estimate of drug-likeness (QED) is 0.127. The Hall–Kier alpha value is -1.48. The van der Waals surface area contributed by atoms with E-state index in [0.717, 1.165) is 24.0 Å². The van der Waals surface area contributed by atoms with Crippen molar-refractivity contribution in [3.05, 3.63) is 58.7 Å². The molecule has 1 N–H and O–H groups in total. The van der Waals surface area contributed by atoms with E-state index in [-0.39, 0.29) is 22.3 Å². The second kappa shape index (κ2) is 15.5. The fraction of sp³-hybridized carbons (Fsp3) is 0.667. The Morgan fingerprint density at radius 1 is 0.846 bits per heavy atom. The van der Waals surface area contributed by atoms with Crippen molar-refractivity contribution >= 4 is 22.6 Å². The van der Waals surface area contributed by atoms with Crippen molar-refractivity contribution in [2.24, 2.45) is 0 Å². The lowest BCUT2D eigenvalue weighted by molar-refractivity contribution is -0.132. The molecule has 0 heterocycles. The molecule has 0 saturated carbocycles. The number of carboxylic acids is 1. The molecule has 0 aromatic rings. The second-order valence-corrected chi connectivity index (χ2v) is 23.6. The SMILES string of the molecule is CCC(=CC(C)=CC(C)=CC=CC(C)=CC[C@@H](C[C@H](C)O[Si](C)(C)C(C)(C)C)O[Si](C)(C)C(C)(C)C)C(=O)O. The summed E-state index contributed by atoms with van der Waals surface area (Å²) in [5.74, 6) is -0.857. The van der Waals surface area contributed by atoms with Gasteiger partial charge < -0.3 is 14.0 Å². The molecule has 0 aromatic carbocycles. The fourth-order valence-corrected chi connectivity index (χ4v) is 6.49. The van der Waals surface area contributed by atoms with Crippen LogP contribution in [0, 0.1) is 0 Å². The van der Waals surface area contributed by atoms with E-state index in [0.29, 0.717) is 12.0 Å². The highest BCUT2D eigenvalue weighted by Crippen LogP contribution is 2.40. The molecule has 0 fully saturated rings. The third kappa shape index (κ3) is 14.1. The molecule has 0 aromatic heterocycles.